The first kappa shape index (κ1) is 25.9. The molecule has 1 aliphatic heterocycles. The van der Waals surface area contributed by atoms with E-state index in [9.17, 15) is 18.0 Å². The number of imidazole rings is 1. The van der Waals surface area contributed by atoms with Crippen LogP contribution in [-0.4, -0.2) is 41.7 Å². The SMILES string of the molecule is C[C@H]1CCCN(Cc2cc(C(F)(F)F)c3cn(-c4cccc([C@@H](CC5CC5)c5nncn5C)c4)c(=O)n3c2)C1. The van der Waals surface area contributed by atoms with Gasteiger partial charge in [0.05, 0.1) is 16.8 Å². The van der Waals surface area contributed by atoms with E-state index in [4.69, 9.17) is 0 Å². The maximum Gasteiger partial charge on any atom is 0.418 e. The minimum absolute atomic E-state index is 0.0121. The Morgan fingerprint density at radius 2 is 1.95 bits per heavy atom. The second-order valence-electron chi connectivity index (χ2n) is 11.4. The summed E-state index contributed by atoms with van der Waals surface area (Å²) in [7, 11) is 1.91. The van der Waals surface area contributed by atoms with Crippen LogP contribution < -0.4 is 5.69 Å². The molecule has 4 heterocycles. The van der Waals surface area contributed by atoms with Crippen LogP contribution in [0.5, 0.6) is 0 Å². The van der Waals surface area contributed by atoms with Gasteiger partial charge in [-0.2, -0.15) is 13.2 Å². The summed E-state index contributed by atoms with van der Waals surface area (Å²) in [6.07, 6.45) is 5.40. The standard InChI is InChI=1S/C29H33F3N6O/c1-19-5-4-10-36(14-19)15-21-12-25(29(30,31)32)26-17-37(28(39)38(26)16-21)23-7-3-6-22(13-23)24(11-20-8-9-20)27-34-33-18-35(27)2/h3,6-7,12-13,16-20,24H,4-5,8-11,14-15H2,1-2H3/t19-,24+/m0/s1. The highest BCUT2D eigenvalue weighted by atomic mass is 19.4. The maximum atomic E-state index is 14.2. The quantitative estimate of drug-likeness (QED) is 0.316. The molecule has 7 nitrogen and oxygen atoms in total. The summed E-state index contributed by atoms with van der Waals surface area (Å²) in [6.45, 7) is 4.24. The smallest absolute Gasteiger partial charge is 0.320 e. The van der Waals surface area contributed by atoms with Crippen LogP contribution in [-0.2, 0) is 19.8 Å². The van der Waals surface area contributed by atoms with Crippen molar-refractivity contribution in [2.24, 2.45) is 18.9 Å². The molecule has 1 saturated carbocycles. The first-order valence-corrected chi connectivity index (χ1v) is 13.7. The van der Waals surface area contributed by atoms with Crippen molar-refractivity contribution >= 4 is 5.52 Å². The van der Waals surface area contributed by atoms with E-state index in [-0.39, 0.29) is 11.4 Å². The van der Waals surface area contributed by atoms with Gasteiger partial charge in [0.1, 0.15) is 12.2 Å². The van der Waals surface area contributed by atoms with Gasteiger partial charge in [0.2, 0.25) is 0 Å². The monoisotopic (exact) mass is 538 g/mol. The van der Waals surface area contributed by atoms with E-state index in [2.05, 4.69) is 22.0 Å². The van der Waals surface area contributed by atoms with Crippen molar-refractivity contribution < 1.29 is 13.2 Å². The van der Waals surface area contributed by atoms with Crippen molar-refractivity contribution in [1.82, 2.24) is 28.6 Å². The summed E-state index contributed by atoms with van der Waals surface area (Å²) in [5.41, 5.74) is 0.541. The van der Waals surface area contributed by atoms with Crippen LogP contribution in [0.4, 0.5) is 13.2 Å². The molecule has 0 bridgehead atoms. The largest absolute Gasteiger partial charge is 0.418 e. The number of aryl methyl sites for hydroxylation is 1. The lowest BCUT2D eigenvalue weighted by atomic mass is 9.92. The van der Waals surface area contributed by atoms with E-state index >= 15 is 0 Å². The number of rotatable bonds is 7. The van der Waals surface area contributed by atoms with Crippen molar-refractivity contribution in [3.63, 3.8) is 0 Å². The van der Waals surface area contributed by atoms with Crippen LogP contribution in [0, 0.1) is 11.8 Å². The molecule has 2 aliphatic rings. The highest BCUT2D eigenvalue weighted by Crippen LogP contribution is 2.41. The molecule has 10 heteroatoms. The number of alkyl halides is 3. The Labute approximate surface area is 224 Å². The minimum Gasteiger partial charge on any atom is -0.320 e. The van der Waals surface area contributed by atoms with Crippen LogP contribution in [0.2, 0.25) is 0 Å². The molecule has 0 amide bonds. The molecule has 0 unspecified atom stereocenters. The van der Waals surface area contributed by atoms with Gasteiger partial charge in [-0.25, -0.2) is 4.79 Å². The fourth-order valence-corrected chi connectivity index (χ4v) is 6.01. The van der Waals surface area contributed by atoms with Gasteiger partial charge in [0, 0.05) is 38.4 Å². The molecule has 2 fully saturated rings. The van der Waals surface area contributed by atoms with Crippen molar-refractivity contribution in [1.29, 1.82) is 0 Å². The number of hydrogen-bond donors (Lipinski definition) is 0. The maximum absolute atomic E-state index is 14.2. The lowest BCUT2D eigenvalue weighted by Crippen LogP contribution is -2.34. The Balaban J connectivity index is 1.41. The number of fused-ring (bicyclic) bond motifs is 1. The summed E-state index contributed by atoms with van der Waals surface area (Å²) < 4.78 is 47.0. The van der Waals surface area contributed by atoms with Gasteiger partial charge in [-0.15, -0.1) is 10.2 Å². The number of benzene rings is 1. The summed E-state index contributed by atoms with van der Waals surface area (Å²) in [5.74, 6) is 1.95. The van der Waals surface area contributed by atoms with E-state index in [1.807, 2.05) is 29.8 Å². The average molecular weight is 539 g/mol. The van der Waals surface area contributed by atoms with Gasteiger partial charge in [0.15, 0.2) is 0 Å². The molecule has 1 aliphatic carbocycles. The zero-order chi connectivity index (χ0) is 27.3. The molecule has 3 aromatic heterocycles. The molecule has 6 rings (SSSR count). The molecule has 206 valence electrons. The predicted octanol–water partition coefficient (Wildman–Crippen LogP) is 5.40. The van der Waals surface area contributed by atoms with Gasteiger partial charge in [-0.3, -0.25) is 13.9 Å². The van der Waals surface area contributed by atoms with Crippen molar-refractivity contribution in [3.05, 3.63) is 82.1 Å². The van der Waals surface area contributed by atoms with E-state index in [0.29, 0.717) is 29.6 Å². The Morgan fingerprint density at radius 1 is 1.13 bits per heavy atom. The first-order valence-electron chi connectivity index (χ1n) is 13.7. The van der Waals surface area contributed by atoms with Gasteiger partial charge in [-0.1, -0.05) is 31.9 Å². The Hall–Kier alpha value is -3.40. The molecule has 0 radical (unpaired) electrons. The molecule has 1 saturated heterocycles. The molecule has 0 spiro atoms. The fraction of sp³-hybridized carbons (Fsp3) is 0.483. The molecular formula is C29H33F3N6O. The van der Waals surface area contributed by atoms with Crippen LogP contribution in [0.1, 0.15) is 67.5 Å². The van der Waals surface area contributed by atoms with Crippen molar-refractivity contribution in [3.8, 4) is 5.69 Å². The second-order valence-corrected chi connectivity index (χ2v) is 11.4. The molecule has 39 heavy (non-hydrogen) atoms. The summed E-state index contributed by atoms with van der Waals surface area (Å²) in [5, 5.41) is 8.39. The van der Waals surface area contributed by atoms with E-state index in [1.54, 1.807) is 18.6 Å². The average Bonchev–Trinajstić information content (AvgIpc) is 3.53. The Kier molecular flexibility index (Phi) is 6.61. The normalized spacial score (nSPS) is 19.6. The molecular weight excluding hydrogens is 505 g/mol. The lowest BCUT2D eigenvalue weighted by molar-refractivity contribution is -0.136. The zero-order valence-corrected chi connectivity index (χ0v) is 22.2. The molecule has 0 N–H and O–H groups in total. The number of hydrogen-bond acceptors (Lipinski definition) is 4. The van der Waals surface area contributed by atoms with Crippen LogP contribution in [0.25, 0.3) is 11.2 Å². The molecule has 1 aromatic carbocycles. The third-order valence-corrected chi connectivity index (χ3v) is 8.15. The van der Waals surface area contributed by atoms with Gasteiger partial charge < -0.3 is 4.57 Å². The predicted molar refractivity (Wildman–Crippen MR) is 142 cm³/mol. The Morgan fingerprint density at radius 3 is 2.64 bits per heavy atom. The van der Waals surface area contributed by atoms with E-state index in [1.165, 1.54) is 29.7 Å². The summed E-state index contributed by atoms with van der Waals surface area (Å²) in [4.78, 5) is 15.7. The number of nitrogens with zero attached hydrogens (tertiary/aromatic N) is 6. The summed E-state index contributed by atoms with van der Waals surface area (Å²) in [6, 6.07) is 8.70. The topological polar surface area (TPSA) is 60.4 Å². The zero-order valence-electron chi connectivity index (χ0n) is 22.2. The number of pyridine rings is 1. The number of piperidine rings is 1. The van der Waals surface area contributed by atoms with Gasteiger partial charge in [-0.05, 0) is 67.0 Å². The first-order chi connectivity index (χ1) is 18.7. The van der Waals surface area contributed by atoms with Gasteiger partial charge in [0.25, 0.3) is 0 Å². The lowest BCUT2D eigenvalue weighted by Gasteiger charge is -2.31. The fourth-order valence-electron chi connectivity index (χ4n) is 6.01. The highest BCUT2D eigenvalue weighted by Gasteiger charge is 2.35. The highest BCUT2D eigenvalue weighted by molar-refractivity contribution is 5.58. The third kappa shape index (κ3) is 5.26. The van der Waals surface area contributed by atoms with Crippen molar-refractivity contribution in [2.75, 3.05) is 13.1 Å². The molecule has 4 aromatic rings. The van der Waals surface area contributed by atoms with Crippen molar-refractivity contribution in [2.45, 2.75) is 57.7 Å². The van der Waals surface area contributed by atoms with E-state index < -0.39 is 17.4 Å². The number of aromatic nitrogens is 5. The minimum atomic E-state index is -4.59. The summed E-state index contributed by atoms with van der Waals surface area (Å²) >= 11 is 0. The van der Waals surface area contributed by atoms with E-state index in [0.717, 1.165) is 48.1 Å². The van der Waals surface area contributed by atoms with Crippen LogP contribution in [0.15, 0.2) is 53.8 Å². The third-order valence-electron chi connectivity index (χ3n) is 8.15. The molecule has 2 atom stereocenters. The Bertz CT molecular complexity index is 1550. The second kappa shape index (κ2) is 9.97. The van der Waals surface area contributed by atoms with Crippen LogP contribution in [0.3, 0.4) is 0 Å². The van der Waals surface area contributed by atoms with Gasteiger partial charge >= 0.3 is 11.9 Å². The number of likely N-dealkylation sites (tertiary alicyclic amines) is 1. The van der Waals surface area contributed by atoms with Crippen LogP contribution >= 0.6 is 0 Å². The number of halogens is 3.